The number of sulfonamides is 1. The lowest BCUT2D eigenvalue weighted by molar-refractivity contribution is 0.101. The van der Waals surface area contributed by atoms with E-state index < -0.39 is 10.0 Å². The fourth-order valence-electron chi connectivity index (χ4n) is 4.84. The van der Waals surface area contributed by atoms with E-state index in [2.05, 4.69) is 28.9 Å². The van der Waals surface area contributed by atoms with Crippen LogP contribution in [0.3, 0.4) is 0 Å². The Hall–Kier alpha value is -3.41. The summed E-state index contributed by atoms with van der Waals surface area (Å²) >= 11 is 0. The smallest absolute Gasteiger partial charge is 0.262 e. The number of aromatic nitrogens is 4. The van der Waals surface area contributed by atoms with Gasteiger partial charge in [-0.15, -0.1) is 10.2 Å². The molecule has 3 heterocycles. The molecule has 2 aromatic carbocycles. The van der Waals surface area contributed by atoms with Crippen LogP contribution in [-0.2, 0) is 23.1 Å². The zero-order chi connectivity index (χ0) is 27.0. The van der Waals surface area contributed by atoms with Crippen molar-refractivity contribution in [3.8, 4) is 0 Å². The number of Topliss-reactive ketones (excluding diaryl/α,β-unsaturated/α-hetero) is 1. The molecule has 0 unspecified atom stereocenters. The molecule has 2 aromatic heterocycles. The normalized spacial score (nSPS) is 15.6. The van der Waals surface area contributed by atoms with E-state index in [1.807, 2.05) is 28.7 Å². The van der Waals surface area contributed by atoms with Crippen LogP contribution < -0.4 is 5.56 Å². The summed E-state index contributed by atoms with van der Waals surface area (Å²) in [5, 5.41) is 9.49. The lowest BCUT2D eigenvalue weighted by Gasteiger charge is -2.33. The molecule has 0 radical (unpaired) electrons. The summed E-state index contributed by atoms with van der Waals surface area (Å²) in [6.45, 7) is 8.49. The second-order valence-corrected chi connectivity index (χ2v) is 12.1. The minimum atomic E-state index is -3.65. The number of rotatable bonds is 8. The number of carbonyl (C=O) groups excluding carboxylic acids is 1. The molecule has 0 amide bonds. The fourth-order valence-corrected chi connectivity index (χ4v) is 6.27. The minimum Gasteiger partial charge on any atom is -0.295 e. The van der Waals surface area contributed by atoms with Crippen molar-refractivity contribution in [3.05, 3.63) is 70.3 Å². The van der Waals surface area contributed by atoms with Crippen molar-refractivity contribution in [2.45, 2.75) is 45.2 Å². The molecule has 0 spiro atoms. The van der Waals surface area contributed by atoms with Gasteiger partial charge < -0.3 is 0 Å². The monoisotopic (exact) mass is 536 g/mol. The number of hydrogen-bond acceptors (Lipinski definition) is 7. The quantitative estimate of drug-likeness (QED) is 0.319. The van der Waals surface area contributed by atoms with Crippen LogP contribution in [0.15, 0.2) is 58.2 Å². The summed E-state index contributed by atoms with van der Waals surface area (Å²) in [6.07, 6.45) is 0.851. The molecule has 10 nitrogen and oxygen atoms in total. The number of fused-ring (bicyclic) bond motifs is 3. The van der Waals surface area contributed by atoms with Crippen molar-refractivity contribution in [3.63, 3.8) is 0 Å². The van der Waals surface area contributed by atoms with Crippen molar-refractivity contribution in [2.24, 2.45) is 5.92 Å². The zero-order valence-electron chi connectivity index (χ0n) is 21.9. The van der Waals surface area contributed by atoms with Crippen LogP contribution in [-0.4, -0.2) is 68.8 Å². The highest BCUT2D eigenvalue weighted by Crippen LogP contribution is 2.21. The third-order valence-corrected chi connectivity index (χ3v) is 9.01. The Balaban J connectivity index is 1.37. The third-order valence-electron chi connectivity index (χ3n) is 7.10. The fraction of sp³-hybridized carbons (Fsp3) is 0.407. The van der Waals surface area contributed by atoms with Gasteiger partial charge in [0.1, 0.15) is 0 Å². The zero-order valence-corrected chi connectivity index (χ0v) is 22.7. The van der Waals surface area contributed by atoms with Gasteiger partial charge in [0.2, 0.25) is 15.8 Å². The maximum atomic E-state index is 13.2. The Kier molecular flexibility index (Phi) is 7.17. The number of benzene rings is 2. The van der Waals surface area contributed by atoms with Gasteiger partial charge in [-0.25, -0.2) is 8.42 Å². The predicted octanol–water partition coefficient (Wildman–Crippen LogP) is 2.80. The Morgan fingerprint density at radius 2 is 1.66 bits per heavy atom. The average molecular weight is 537 g/mol. The molecule has 0 aliphatic carbocycles. The number of piperazine rings is 1. The molecular weight excluding hydrogens is 504 g/mol. The standard InChI is InChI=1S/C27H32N6O4S/c1-19(2)12-13-32-26(35)23-6-4-5-7-24(23)33-25(28-29-27(32)33)18-30-14-16-31(17-15-30)38(36,37)22-10-8-21(9-11-22)20(3)34/h4-11,19H,12-18H2,1-3H3. The molecule has 200 valence electrons. The molecular formula is C27H32N6O4S. The maximum Gasteiger partial charge on any atom is 0.262 e. The average Bonchev–Trinajstić information content (AvgIpc) is 3.32. The first-order chi connectivity index (χ1) is 18.2. The molecule has 5 rings (SSSR count). The summed E-state index contributed by atoms with van der Waals surface area (Å²) in [6, 6.07) is 13.6. The number of aryl methyl sites for hydroxylation is 1. The van der Waals surface area contributed by atoms with Gasteiger partial charge in [-0.05, 0) is 43.5 Å². The molecule has 1 saturated heterocycles. The van der Waals surface area contributed by atoms with Crippen LogP contribution >= 0.6 is 0 Å². The van der Waals surface area contributed by atoms with Crippen LogP contribution in [0.4, 0.5) is 0 Å². The Labute approximate surface area is 221 Å². The largest absolute Gasteiger partial charge is 0.295 e. The first-order valence-electron chi connectivity index (χ1n) is 12.9. The summed E-state index contributed by atoms with van der Waals surface area (Å²) in [7, 11) is -3.65. The molecule has 0 atom stereocenters. The van der Waals surface area contributed by atoms with Crippen molar-refractivity contribution in [1.29, 1.82) is 0 Å². The van der Waals surface area contributed by atoms with Gasteiger partial charge in [0, 0.05) is 38.3 Å². The topological polar surface area (TPSA) is 110 Å². The van der Waals surface area contributed by atoms with E-state index in [9.17, 15) is 18.0 Å². The van der Waals surface area contributed by atoms with Crippen molar-refractivity contribution >= 4 is 32.5 Å². The van der Waals surface area contributed by atoms with Crippen LogP contribution in [0.5, 0.6) is 0 Å². The molecule has 1 fully saturated rings. The van der Waals surface area contributed by atoms with Crippen LogP contribution in [0, 0.1) is 5.92 Å². The van der Waals surface area contributed by atoms with E-state index in [1.165, 1.54) is 23.4 Å². The SMILES string of the molecule is CC(=O)c1ccc(S(=O)(=O)N2CCN(Cc3nnc4n(CCC(C)C)c(=O)c5ccccc5n34)CC2)cc1. The number of hydrogen-bond donors (Lipinski definition) is 0. The molecule has 0 bridgehead atoms. The highest BCUT2D eigenvalue weighted by atomic mass is 32.2. The van der Waals surface area contributed by atoms with Gasteiger partial charge in [-0.1, -0.05) is 38.1 Å². The van der Waals surface area contributed by atoms with E-state index in [4.69, 9.17) is 0 Å². The number of para-hydroxylation sites is 1. The molecule has 0 N–H and O–H groups in total. The lowest BCUT2D eigenvalue weighted by atomic mass is 10.1. The van der Waals surface area contributed by atoms with Gasteiger partial charge in [-0.2, -0.15) is 4.31 Å². The van der Waals surface area contributed by atoms with Crippen LogP contribution in [0.1, 0.15) is 43.4 Å². The molecule has 1 aliphatic rings. The molecule has 11 heteroatoms. The first-order valence-corrected chi connectivity index (χ1v) is 14.3. The van der Waals surface area contributed by atoms with Gasteiger partial charge in [0.05, 0.1) is 22.3 Å². The summed E-state index contributed by atoms with van der Waals surface area (Å²) in [5.41, 5.74) is 1.18. The first kappa shape index (κ1) is 26.2. The Morgan fingerprint density at radius 3 is 2.32 bits per heavy atom. The number of ketones is 1. The van der Waals surface area contributed by atoms with Crippen LogP contribution in [0.2, 0.25) is 0 Å². The molecule has 4 aromatic rings. The van der Waals surface area contributed by atoms with Crippen LogP contribution in [0.25, 0.3) is 16.7 Å². The highest BCUT2D eigenvalue weighted by Gasteiger charge is 2.29. The van der Waals surface area contributed by atoms with Gasteiger partial charge in [-0.3, -0.25) is 23.5 Å². The summed E-state index contributed by atoms with van der Waals surface area (Å²) in [5.74, 6) is 1.58. The van der Waals surface area contributed by atoms with E-state index >= 15 is 0 Å². The Morgan fingerprint density at radius 1 is 0.974 bits per heavy atom. The van der Waals surface area contributed by atoms with E-state index in [-0.39, 0.29) is 16.2 Å². The lowest BCUT2D eigenvalue weighted by Crippen LogP contribution is -2.48. The minimum absolute atomic E-state index is 0.0668. The second kappa shape index (κ2) is 10.4. The molecule has 0 saturated carbocycles. The molecule has 38 heavy (non-hydrogen) atoms. The predicted molar refractivity (Wildman–Crippen MR) is 145 cm³/mol. The van der Waals surface area contributed by atoms with Crippen molar-refractivity contribution in [1.82, 2.24) is 28.4 Å². The number of carbonyl (C=O) groups is 1. The van der Waals surface area contributed by atoms with Crippen molar-refractivity contribution < 1.29 is 13.2 Å². The highest BCUT2D eigenvalue weighted by molar-refractivity contribution is 7.89. The summed E-state index contributed by atoms with van der Waals surface area (Å²) < 4.78 is 31.5. The Bertz CT molecular complexity index is 1650. The van der Waals surface area contributed by atoms with E-state index in [0.29, 0.717) is 67.7 Å². The maximum absolute atomic E-state index is 13.2. The number of nitrogens with zero attached hydrogens (tertiary/aromatic N) is 6. The summed E-state index contributed by atoms with van der Waals surface area (Å²) in [4.78, 5) is 27.1. The van der Waals surface area contributed by atoms with Gasteiger partial charge >= 0.3 is 0 Å². The third kappa shape index (κ3) is 4.89. The van der Waals surface area contributed by atoms with E-state index in [0.717, 1.165) is 11.9 Å². The molecule has 1 aliphatic heterocycles. The van der Waals surface area contributed by atoms with E-state index in [1.54, 1.807) is 16.7 Å². The van der Waals surface area contributed by atoms with Gasteiger partial charge in [0.25, 0.3) is 5.56 Å². The van der Waals surface area contributed by atoms with Crippen molar-refractivity contribution in [2.75, 3.05) is 26.2 Å². The van der Waals surface area contributed by atoms with Gasteiger partial charge in [0.15, 0.2) is 11.6 Å². The second-order valence-electron chi connectivity index (χ2n) is 10.2.